The molecule has 3 aromatic carbocycles. The lowest BCUT2D eigenvalue weighted by molar-refractivity contribution is -0.139. The van der Waals surface area contributed by atoms with Crippen LogP contribution < -0.4 is 24.4 Å². The monoisotopic (exact) mass is 554 g/mol. The third kappa shape index (κ3) is 5.77. The van der Waals surface area contributed by atoms with Gasteiger partial charge in [0, 0.05) is 0 Å². The minimum absolute atomic E-state index is 0.221. The van der Waals surface area contributed by atoms with Crippen LogP contribution in [0.1, 0.15) is 43.5 Å². The lowest BCUT2D eigenvalue weighted by atomic mass is 9.96. The Morgan fingerprint density at radius 3 is 2.27 bits per heavy atom. The van der Waals surface area contributed by atoms with E-state index in [2.05, 4.69) is 4.99 Å². The normalized spacial score (nSPS) is 14.9. The first-order valence-corrected chi connectivity index (χ1v) is 14.0. The minimum Gasteiger partial charge on any atom is -0.494 e. The standard InChI is InChI=1S/C32H30N2O5S/c1-4-37-25-17-13-24(14-18-25)29-28(31(36)38-5-2)21(3)33-32-34(29)30(35)27(40-32)19-22-11-15-26(16-12-22)39-20-23-9-7-6-8-10-23/h6-19,29H,4-5,20H2,1-3H3/b27-19-/t29-/m1/s1. The second kappa shape index (κ2) is 12.2. The van der Waals surface area contributed by atoms with Crippen LogP contribution >= 0.6 is 11.3 Å². The van der Waals surface area contributed by atoms with Crippen molar-refractivity contribution < 1.29 is 19.0 Å². The fourth-order valence-corrected chi connectivity index (χ4v) is 5.62. The molecule has 0 aliphatic carbocycles. The first kappa shape index (κ1) is 27.1. The van der Waals surface area contributed by atoms with E-state index >= 15 is 0 Å². The summed E-state index contributed by atoms with van der Waals surface area (Å²) in [6.45, 7) is 6.70. The molecule has 0 bridgehead atoms. The van der Waals surface area contributed by atoms with Gasteiger partial charge in [-0.2, -0.15) is 0 Å². The zero-order valence-corrected chi connectivity index (χ0v) is 23.4. The van der Waals surface area contributed by atoms with Crippen LogP contribution in [0.5, 0.6) is 11.5 Å². The van der Waals surface area contributed by atoms with Gasteiger partial charge < -0.3 is 14.2 Å². The molecule has 2 heterocycles. The summed E-state index contributed by atoms with van der Waals surface area (Å²) >= 11 is 1.30. The van der Waals surface area contributed by atoms with Crippen molar-refractivity contribution in [1.29, 1.82) is 0 Å². The maximum atomic E-state index is 13.8. The second-order valence-electron chi connectivity index (χ2n) is 9.15. The van der Waals surface area contributed by atoms with Gasteiger partial charge in [0.2, 0.25) is 0 Å². The SMILES string of the molecule is CCOC(=O)C1=C(C)N=c2s/c(=C\c3ccc(OCc4ccccc4)cc3)c(=O)n2[C@@H]1c1ccc(OCC)cc1. The van der Waals surface area contributed by atoms with Crippen molar-refractivity contribution in [3.05, 3.63) is 127 Å². The molecular weight excluding hydrogens is 524 g/mol. The van der Waals surface area contributed by atoms with Gasteiger partial charge in [-0.25, -0.2) is 9.79 Å². The molecular formula is C32H30N2O5S. The van der Waals surface area contributed by atoms with E-state index in [9.17, 15) is 9.59 Å². The quantitative estimate of drug-likeness (QED) is 0.279. The topological polar surface area (TPSA) is 79.1 Å². The Morgan fingerprint density at radius 2 is 1.60 bits per heavy atom. The van der Waals surface area contributed by atoms with Gasteiger partial charge in [0.25, 0.3) is 5.56 Å². The van der Waals surface area contributed by atoms with E-state index in [0.29, 0.717) is 39.6 Å². The molecule has 0 radical (unpaired) electrons. The Hall–Kier alpha value is -4.43. The molecule has 5 rings (SSSR count). The van der Waals surface area contributed by atoms with E-state index in [1.54, 1.807) is 18.4 Å². The van der Waals surface area contributed by atoms with Gasteiger partial charge in [-0.15, -0.1) is 0 Å². The summed E-state index contributed by atoms with van der Waals surface area (Å²) in [7, 11) is 0. The van der Waals surface area contributed by atoms with E-state index in [1.165, 1.54) is 11.3 Å². The number of rotatable bonds is 9. The molecule has 7 nitrogen and oxygen atoms in total. The Labute approximate surface area is 236 Å². The number of allylic oxidation sites excluding steroid dienone is 1. The van der Waals surface area contributed by atoms with Crippen molar-refractivity contribution in [2.45, 2.75) is 33.4 Å². The second-order valence-corrected chi connectivity index (χ2v) is 10.2. The van der Waals surface area contributed by atoms with E-state index in [0.717, 1.165) is 22.4 Å². The highest BCUT2D eigenvalue weighted by molar-refractivity contribution is 7.07. The number of carbonyl (C=O) groups is 1. The molecule has 1 aromatic heterocycles. The van der Waals surface area contributed by atoms with E-state index < -0.39 is 12.0 Å². The van der Waals surface area contributed by atoms with Gasteiger partial charge in [0.1, 0.15) is 18.1 Å². The molecule has 0 spiro atoms. The molecule has 0 saturated carbocycles. The predicted molar refractivity (Wildman–Crippen MR) is 155 cm³/mol. The minimum atomic E-state index is -0.665. The summed E-state index contributed by atoms with van der Waals surface area (Å²) in [6, 6.07) is 24.3. The number of ether oxygens (including phenoxy) is 3. The molecule has 4 aromatic rings. The summed E-state index contributed by atoms with van der Waals surface area (Å²) in [5.41, 5.74) is 3.38. The molecule has 204 valence electrons. The van der Waals surface area contributed by atoms with Crippen molar-refractivity contribution in [2.75, 3.05) is 13.2 Å². The Morgan fingerprint density at radius 1 is 0.925 bits per heavy atom. The van der Waals surface area contributed by atoms with Crippen LogP contribution in [0, 0.1) is 0 Å². The van der Waals surface area contributed by atoms with Crippen molar-refractivity contribution in [3.63, 3.8) is 0 Å². The van der Waals surface area contributed by atoms with E-state index in [-0.39, 0.29) is 12.2 Å². The molecule has 8 heteroatoms. The fourth-order valence-electron chi connectivity index (χ4n) is 4.57. The summed E-state index contributed by atoms with van der Waals surface area (Å²) in [5.74, 6) is 0.976. The van der Waals surface area contributed by atoms with Crippen molar-refractivity contribution in [2.24, 2.45) is 4.99 Å². The highest BCUT2D eigenvalue weighted by Crippen LogP contribution is 2.31. The van der Waals surface area contributed by atoms with Gasteiger partial charge >= 0.3 is 5.97 Å². The molecule has 0 fully saturated rings. The van der Waals surface area contributed by atoms with Gasteiger partial charge in [-0.05, 0) is 67.8 Å². The Kier molecular flexibility index (Phi) is 8.26. The maximum Gasteiger partial charge on any atom is 0.338 e. The number of fused-ring (bicyclic) bond motifs is 1. The summed E-state index contributed by atoms with van der Waals surface area (Å²) < 4.78 is 19.0. The molecule has 1 atom stereocenters. The van der Waals surface area contributed by atoms with E-state index in [4.69, 9.17) is 14.2 Å². The largest absolute Gasteiger partial charge is 0.494 e. The zero-order valence-electron chi connectivity index (χ0n) is 22.6. The number of aromatic nitrogens is 1. The maximum absolute atomic E-state index is 13.8. The number of esters is 1. The van der Waals surface area contributed by atoms with Crippen molar-refractivity contribution in [3.8, 4) is 11.5 Å². The van der Waals surface area contributed by atoms with Crippen LogP contribution in [0.3, 0.4) is 0 Å². The highest BCUT2D eigenvalue weighted by atomic mass is 32.1. The summed E-state index contributed by atoms with van der Waals surface area (Å²) in [6.07, 6.45) is 1.84. The van der Waals surface area contributed by atoms with Gasteiger partial charge in [0.15, 0.2) is 4.80 Å². The summed E-state index contributed by atoms with van der Waals surface area (Å²) in [5, 5.41) is 0. The lowest BCUT2D eigenvalue weighted by Crippen LogP contribution is -2.39. The van der Waals surface area contributed by atoms with E-state index in [1.807, 2.05) is 91.9 Å². The molecule has 0 saturated heterocycles. The van der Waals surface area contributed by atoms with Crippen LogP contribution in [0.15, 0.2) is 99.9 Å². The number of thiazole rings is 1. The van der Waals surface area contributed by atoms with Crippen LogP contribution in [-0.4, -0.2) is 23.8 Å². The molecule has 0 amide bonds. The molecule has 40 heavy (non-hydrogen) atoms. The smallest absolute Gasteiger partial charge is 0.338 e. The summed E-state index contributed by atoms with van der Waals surface area (Å²) in [4.78, 5) is 32.0. The highest BCUT2D eigenvalue weighted by Gasteiger charge is 2.33. The average Bonchev–Trinajstić information content (AvgIpc) is 3.27. The van der Waals surface area contributed by atoms with Crippen LogP contribution in [0.2, 0.25) is 0 Å². The molecule has 0 N–H and O–H groups in total. The van der Waals surface area contributed by atoms with Gasteiger partial charge in [-0.3, -0.25) is 9.36 Å². The van der Waals surface area contributed by atoms with Gasteiger partial charge in [0.05, 0.1) is 35.1 Å². The van der Waals surface area contributed by atoms with Crippen LogP contribution in [0.25, 0.3) is 6.08 Å². The lowest BCUT2D eigenvalue weighted by Gasteiger charge is -2.24. The van der Waals surface area contributed by atoms with Crippen LogP contribution in [-0.2, 0) is 16.1 Å². The third-order valence-electron chi connectivity index (χ3n) is 6.45. The third-order valence-corrected chi connectivity index (χ3v) is 7.43. The van der Waals surface area contributed by atoms with Gasteiger partial charge in [-0.1, -0.05) is 65.9 Å². The first-order chi connectivity index (χ1) is 19.5. The molecule has 1 aliphatic rings. The first-order valence-electron chi connectivity index (χ1n) is 13.2. The number of hydrogen-bond donors (Lipinski definition) is 0. The Bertz CT molecular complexity index is 1700. The number of benzene rings is 3. The van der Waals surface area contributed by atoms with Crippen molar-refractivity contribution >= 4 is 23.4 Å². The molecule has 1 aliphatic heterocycles. The predicted octanol–water partition coefficient (Wildman–Crippen LogP) is 4.78. The zero-order chi connectivity index (χ0) is 28.1. The number of hydrogen-bond acceptors (Lipinski definition) is 7. The number of nitrogens with zero attached hydrogens (tertiary/aromatic N) is 2. The average molecular weight is 555 g/mol. The Balaban J connectivity index is 1.50. The van der Waals surface area contributed by atoms with Crippen molar-refractivity contribution in [1.82, 2.24) is 4.57 Å². The fraction of sp³-hybridized carbons (Fsp3) is 0.219. The molecule has 0 unspecified atom stereocenters. The van der Waals surface area contributed by atoms with Crippen LogP contribution in [0.4, 0.5) is 0 Å². The number of carbonyl (C=O) groups excluding carboxylic acids is 1.